The fourth-order valence-corrected chi connectivity index (χ4v) is 1.45. The third-order valence-electron chi connectivity index (χ3n) is 2.18. The van der Waals surface area contributed by atoms with Gasteiger partial charge in [0.05, 0.1) is 0 Å². The van der Waals surface area contributed by atoms with Crippen LogP contribution in [0.3, 0.4) is 0 Å². The van der Waals surface area contributed by atoms with Gasteiger partial charge in [-0.1, -0.05) is 18.7 Å². The van der Waals surface area contributed by atoms with Crippen LogP contribution in [0.25, 0.3) is 0 Å². The van der Waals surface area contributed by atoms with E-state index in [0.717, 1.165) is 17.1 Å². The number of thiol groups is 1. The summed E-state index contributed by atoms with van der Waals surface area (Å²) in [5, 5.41) is -0.257. The first kappa shape index (κ1) is 10.2. The molecule has 4 nitrogen and oxygen atoms in total. The molecule has 0 atom stereocenters. The molecule has 0 unspecified atom stereocenters. The number of carbonyl (C=O) groups excluding carboxylic acids is 1. The lowest BCUT2D eigenvalue weighted by atomic mass is 10.2. The largest absolute Gasteiger partial charge is 0.454 e. The molecular weight excluding hydrogens is 214 g/mol. The molecule has 0 bridgehead atoms. The molecule has 0 spiro atoms. The zero-order chi connectivity index (χ0) is 10.8. The molecule has 1 aliphatic rings. The van der Waals surface area contributed by atoms with Gasteiger partial charge < -0.3 is 14.4 Å². The van der Waals surface area contributed by atoms with Crippen LogP contribution in [-0.4, -0.2) is 24.0 Å². The lowest BCUT2D eigenvalue weighted by Gasteiger charge is -2.13. The van der Waals surface area contributed by atoms with Crippen LogP contribution in [0.2, 0.25) is 0 Å². The van der Waals surface area contributed by atoms with Crippen molar-refractivity contribution >= 4 is 17.9 Å². The molecule has 80 valence electrons. The van der Waals surface area contributed by atoms with Gasteiger partial charge in [-0.15, -0.1) is 0 Å². The quantitative estimate of drug-likeness (QED) is 0.781. The highest BCUT2D eigenvalue weighted by Gasteiger charge is 2.14. The molecule has 0 aromatic heterocycles. The Morgan fingerprint density at radius 1 is 1.47 bits per heavy atom. The SMILES string of the molecule is CN(Cc1ccc2c(c1)OCO2)C(=O)S. The standard InChI is InChI=1S/C10H11NO3S/c1-11(10(12)15)5-7-2-3-8-9(4-7)14-6-13-8/h2-4H,5-6H2,1H3,(H,12,15). The number of nitrogens with zero attached hydrogens (tertiary/aromatic N) is 1. The summed E-state index contributed by atoms with van der Waals surface area (Å²) >= 11 is 3.74. The highest BCUT2D eigenvalue weighted by molar-refractivity contribution is 7.96. The molecule has 1 aliphatic heterocycles. The Labute approximate surface area is 93.2 Å². The first-order valence-electron chi connectivity index (χ1n) is 4.49. The van der Waals surface area contributed by atoms with Gasteiger partial charge in [0.1, 0.15) is 0 Å². The predicted octanol–water partition coefficient (Wildman–Crippen LogP) is 1.90. The van der Waals surface area contributed by atoms with Gasteiger partial charge in [0.15, 0.2) is 11.5 Å². The summed E-state index contributed by atoms with van der Waals surface area (Å²) in [5.41, 5.74) is 0.990. The average Bonchev–Trinajstić information content (AvgIpc) is 2.64. The number of benzene rings is 1. The van der Waals surface area contributed by atoms with Crippen molar-refractivity contribution in [3.05, 3.63) is 23.8 Å². The van der Waals surface area contributed by atoms with Gasteiger partial charge in [-0.2, -0.15) is 0 Å². The highest BCUT2D eigenvalue weighted by Crippen LogP contribution is 2.32. The zero-order valence-electron chi connectivity index (χ0n) is 8.27. The topological polar surface area (TPSA) is 38.8 Å². The number of fused-ring (bicyclic) bond motifs is 1. The lowest BCUT2D eigenvalue weighted by Crippen LogP contribution is -2.19. The third-order valence-corrected chi connectivity index (χ3v) is 2.52. The van der Waals surface area contributed by atoms with Crippen LogP contribution < -0.4 is 9.47 Å². The summed E-state index contributed by atoms with van der Waals surface area (Å²) < 4.78 is 10.4. The molecule has 0 saturated heterocycles. The molecule has 1 heterocycles. The van der Waals surface area contributed by atoms with Gasteiger partial charge in [0.2, 0.25) is 6.79 Å². The molecular formula is C10H11NO3S. The van der Waals surface area contributed by atoms with Gasteiger partial charge in [-0.3, -0.25) is 4.79 Å². The van der Waals surface area contributed by atoms with E-state index in [2.05, 4.69) is 12.6 Å². The molecule has 1 aromatic carbocycles. The van der Waals surface area contributed by atoms with Crippen molar-refractivity contribution in [1.82, 2.24) is 4.90 Å². The number of hydrogen-bond acceptors (Lipinski definition) is 3. The van der Waals surface area contributed by atoms with Crippen molar-refractivity contribution in [2.24, 2.45) is 0 Å². The van der Waals surface area contributed by atoms with Crippen molar-refractivity contribution < 1.29 is 14.3 Å². The van der Waals surface area contributed by atoms with E-state index in [0.29, 0.717) is 6.54 Å². The second kappa shape index (κ2) is 4.02. The van der Waals surface area contributed by atoms with Crippen LogP contribution in [-0.2, 0) is 6.54 Å². The van der Waals surface area contributed by atoms with E-state index in [1.165, 1.54) is 4.90 Å². The summed E-state index contributed by atoms with van der Waals surface area (Å²) in [7, 11) is 1.69. The predicted molar refractivity (Wildman–Crippen MR) is 58.4 cm³/mol. The molecule has 0 radical (unpaired) electrons. The van der Waals surface area contributed by atoms with Crippen LogP contribution in [0.4, 0.5) is 4.79 Å². The number of hydrogen-bond donors (Lipinski definition) is 1. The molecule has 0 saturated carbocycles. The van der Waals surface area contributed by atoms with Gasteiger partial charge in [-0.25, -0.2) is 0 Å². The zero-order valence-corrected chi connectivity index (χ0v) is 9.16. The van der Waals surface area contributed by atoms with Crippen molar-refractivity contribution in [2.75, 3.05) is 13.8 Å². The van der Waals surface area contributed by atoms with Gasteiger partial charge in [0.25, 0.3) is 5.24 Å². The summed E-state index contributed by atoms with van der Waals surface area (Å²) in [6.45, 7) is 0.777. The number of ether oxygens (including phenoxy) is 2. The van der Waals surface area contributed by atoms with Crippen molar-refractivity contribution in [1.29, 1.82) is 0 Å². The summed E-state index contributed by atoms with van der Waals surface area (Å²) in [6, 6.07) is 5.62. The van der Waals surface area contributed by atoms with Crippen LogP contribution in [0.1, 0.15) is 5.56 Å². The monoisotopic (exact) mass is 225 g/mol. The Balaban J connectivity index is 2.13. The first-order valence-corrected chi connectivity index (χ1v) is 4.94. The van der Waals surface area contributed by atoms with Crippen LogP contribution in [0.15, 0.2) is 18.2 Å². The second-order valence-electron chi connectivity index (χ2n) is 3.33. The van der Waals surface area contributed by atoms with Crippen LogP contribution in [0, 0.1) is 0 Å². The summed E-state index contributed by atoms with van der Waals surface area (Å²) in [5.74, 6) is 1.48. The van der Waals surface area contributed by atoms with Crippen molar-refractivity contribution in [3.8, 4) is 11.5 Å². The van der Waals surface area contributed by atoms with Gasteiger partial charge in [0, 0.05) is 13.6 Å². The van der Waals surface area contributed by atoms with Crippen LogP contribution >= 0.6 is 12.6 Å². The van der Waals surface area contributed by atoms with Gasteiger partial charge >= 0.3 is 0 Å². The number of rotatable bonds is 2. The smallest absolute Gasteiger partial charge is 0.278 e. The van der Waals surface area contributed by atoms with Crippen molar-refractivity contribution in [3.63, 3.8) is 0 Å². The normalized spacial score (nSPS) is 12.7. The maximum absolute atomic E-state index is 10.9. The lowest BCUT2D eigenvalue weighted by molar-refractivity contribution is 0.174. The minimum absolute atomic E-state index is 0.257. The van der Waals surface area contributed by atoms with E-state index in [4.69, 9.17) is 9.47 Å². The third kappa shape index (κ3) is 2.18. The summed E-state index contributed by atoms with van der Waals surface area (Å²) in [4.78, 5) is 12.4. The first-order chi connectivity index (χ1) is 7.16. The second-order valence-corrected chi connectivity index (χ2v) is 3.71. The molecule has 15 heavy (non-hydrogen) atoms. The van der Waals surface area contributed by atoms with Gasteiger partial charge in [-0.05, 0) is 17.7 Å². The number of amides is 1. The maximum atomic E-state index is 10.9. The fourth-order valence-electron chi connectivity index (χ4n) is 1.38. The molecule has 0 fully saturated rings. The van der Waals surface area contributed by atoms with E-state index >= 15 is 0 Å². The molecule has 0 N–H and O–H groups in total. The molecule has 1 aromatic rings. The molecule has 2 rings (SSSR count). The summed E-state index contributed by atoms with van der Waals surface area (Å²) in [6.07, 6.45) is 0. The maximum Gasteiger partial charge on any atom is 0.278 e. The Kier molecular flexibility index (Phi) is 2.73. The minimum Gasteiger partial charge on any atom is -0.454 e. The van der Waals surface area contributed by atoms with Crippen molar-refractivity contribution in [2.45, 2.75) is 6.54 Å². The molecule has 5 heteroatoms. The Hall–Kier alpha value is -1.36. The minimum atomic E-state index is -0.257. The molecule has 0 aliphatic carbocycles. The Morgan fingerprint density at radius 2 is 2.20 bits per heavy atom. The van der Waals surface area contributed by atoms with E-state index in [1.54, 1.807) is 7.05 Å². The Morgan fingerprint density at radius 3 is 2.93 bits per heavy atom. The van der Waals surface area contributed by atoms with E-state index in [1.807, 2.05) is 18.2 Å². The van der Waals surface area contributed by atoms with E-state index < -0.39 is 0 Å². The van der Waals surface area contributed by atoms with E-state index in [9.17, 15) is 4.79 Å². The fraction of sp³-hybridized carbons (Fsp3) is 0.300. The number of carbonyl (C=O) groups is 1. The van der Waals surface area contributed by atoms with E-state index in [-0.39, 0.29) is 12.0 Å². The van der Waals surface area contributed by atoms with Crippen LogP contribution in [0.5, 0.6) is 11.5 Å². The average molecular weight is 225 g/mol. The Bertz CT molecular complexity index is 394. The highest BCUT2D eigenvalue weighted by atomic mass is 32.1. The molecule has 1 amide bonds.